The van der Waals surface area contributed by atoms with Gasteiger partial charge < -0.3 is 30.2 Å². The van der Waals surface area contributed by atoms with Gasteiger partial charge in [0.25, 0.3) is 0 Å². The normalized spacial score (nSPS) is 14.0. The third-order valence-corrected chi connectivity index (χ3v) is 7.87. The molecule has 1 unspecified atom stereocenters. The fraction of sp³-hybridized carbons (Fsp3) is 0.444. The number of halogens is 3. The summed E-state index contributed by atoms with van der Waals surface area (Å²) < 4.78 is 54.9. The average Bonchev–Trinajstić information content (AvgIpc) is 3.29. The Morgan fingerprint density at radius 3 is 2.46 bits per heavy atom. The van der Waals surface area contributed by atoms with Gasteiger partial charge in [0, 0.05) is 44.2 Å². The van der Waals surface area contributed by atoms with Crippen molar-refractivity contribution in [3.8, 4) is 11.3 Å². The van der Waals surface area contributed by atoms with Crippen LogP contribution in [0, 0.1) is 0 Å². The Bertz CT molecular complexity index is 1240. The topological polar surface area (TPSA) is 141 Å². The molecular formula is C27H38F3N5O5Si. The molecule has 1 aromatic heterocycles. The zero-order valence-electron chi connectivity index (χ0n) is 23.7. The van der Waals surface area contributed by atoms with Crippen molar-refractivity contribution in [1.29, 1.82) is 0 Å². The number of methoxy groups -OCH3 is 1. The predicted octanol–water partition coefficient (Wildman–Crippen LogP) is 5.99. The second-order valence-electron chi connectivity index (χ2n) is 10.6. The van der Waals surface area contributed by atoms with E-state index in [1.54, 1.807) is 16.8 Å². The molecule has 0 aliphatic rings. The summed E-state index contributed by atoms with van der Waals surface area (Å²) in [4.78, 5) is 28.5. The Morgan fingerprint density at radius 1 is 1.24 bits per heavy atom. The highest BCUT2D eigenvalue weighted by atomic mass is 28.3. The highest BCUT2D eigenvalue weighted by Gasteiger charge is 2.60. The molecule has 10 nitrogen and oxygen atoms in total. The summed E-state index contributed by atoms with van der Waals surface area (Å²) in [6.07, 6.45) is -2.64. The molecule has 1 aromatic carbocycles. The summed E-state index contributed by atoms with van der Waals surface area (Å²) in [5.74, 6) is -1.75. The first-order valence-electron chi connectivity index (χ1n) is 12.8. The number of carboxylic acids is 1. The molecule has 0 radical (unpaired) electrons. The number of carbonyl (C=O) groups excluding carboxylic acids is 1. The van der Waals surface area contributed by atoms with E-state index in [2.05, 4.69) is 53.2 Å². The molecule has 0 saturated carbocycles. The smallest absolute Gasteiger partial charge is 0.422 e. The molecule has 5 N–H and O–H groups in total. The molecule has 0 aliphatic heterocycles. The van der Waals surface area contributed by atoms with E-state index in [1.165, 1.54) is 18.2 Å². The number of ether oxygens (including phenoxy) is 2. The minimum atomic E-state index is -5.23. The molecule has 41 heavy (non-hydrogen) atoms. The molecule has 2 rings (SSSR count). The molecule has 0 bridgehead atoms. The molecule has 0 saturated heterocycles. The maximum atomic E-state index is 14.3. The molecule has 2 aromatic rings. The first-order valence-corrected chi connectivity index (χ1v) is 16.5. The molecule has 2 atom stereocenters. The fourth-order valence-corrected chi connectivity index (χ4v) is 4.61. The van der Waals surface area contributed by atoms with Crippen LogP contribution < -0.4 is 16.4 Å². The summed E-state index contributed by atoms with van der Waals surface area (Å²) in [6.45, 7) is 14.3. The zero-order valence-corrected chi connectivity index (χ0v) is 24.7. The highest BCUT2D eigenvalue weighted by molar-refractivity contribution is 6.76. The van der Waals surface area contributed by atoms with Crippen LogP contribution in [0.1, 0.15) is 24.7 Å². The van der Waals surface area contributed by atoms with Gasteiger partial charge in [0.1, 0.15) is 12.6 Å². The van der Waals surface area contributed by atoms with Gasteiger partial charge in [0.05, 0.1) is 18.8 Å². The number of nitrogens with two attached hydrogens (primary N) is 1. The molecule has 0 aliphatic carbocycles. The van der Waals surface area contributed by atoms with E-state index >= 15 is 0 Å². The Labute approximate surface area is 238 Å². The maximum absolute atomic E-state index is 14.3. The molecule has 1 amide bonds. The van der Waals surface area contributed by atoms with E-state index in [0.29, 0.717) is 18.9 Å². The number of aromatic nitrogens is 2. The van der Waals surface area contributed by atoms with Crippen LogP contribution in [0.3, 0.4) is 0 Å². The molecule has 0 spiro atoms. The van der Waals surface area contributed by atoms with Crippen molar-refractivity contribution in [1.82, 2.24) is 9.55 Å². The molecule has 14 heteroatoms. The van der Waals surface area contributed by atoms with Crippen LogP contribution in [0.5, 0.6) is 0 Å². The quantitative estimate of drug-likeness (QED) is 0.111. The third kappa shape index (κ3) is 8.68. The standard InChI is InChI=1S/C27H38F3N5O5Si/c1-7-9-20(31)23-33-22(16-35(23)17-40-13-14-41(4,5)6)19-11-10-18(32-25(38)39-3)15-21(19)34-26(12-8-2,24(36)37)27(28,29)30/h7-8,10-11,15-16,20,34H,1-2,9,12-14,17,31H2,3-6H3,(H,32,38)(H,36,37)/t20-,26?/m0/s1. The van der Waals surface area contributed by atoms with Gasteiger partial charge in [-0.3, -0.25) is 5.32 Å². The summed E-state index contributed by atoms with van der Waals surface area (Å²) in [5.41, 5.74) is 3.05. The van der Waals surface area contributed by atoms with E-state index in [4.69, 9.17) is 10.5 Å². The number of rotatable bonds is 15. The van der Waals surface area contributed by atoms with Gasteiger partial charge in [0.2, 0.25) is 5.54 Å². The van der Waals surface area contributed by atoms with E-state index in [-0.39, 0.29) is 29.4 Å². The minimum absolute atomic E-state index is 0.0564. The Hall–Kier alpha value is -3.62. The largest absolute Gasteiger partial charge is 0.479 e. The predicted molar refractivity (Wildman–Crippen MR) is 154 cm³/mol. The monoisotopic (exact) mass is 597 g/mol. The lowest BCUT2D eigenvalue weighted by Gasteiger charge is -2.33. The van der Waals surface area contributed by atoms with E-state index < -0.39 is 44.3 Å². The Kier molecular flexibility index (Phi) is 11.3. The fourth-order valence-electron chi connectivity index (χ4n) is 3.85. The first kappa shape index (κ1) is 33.6. The van der Waals surface area contributed by atoms with Crippen LogP contribution in [0.15, 0.2) is 49.7 Å². The van der Waals surface area contributed by atoms with Crippen LogP contribution >= 0.6 is 0 Å². The summed E-state index contributed by atoms with van der Waals surface area (Å²) in [6, 6.07) is 4.34. The number of imidazole rings is 1. The number of nitrogens with zero attached hydrogens (tertiary/aromatic N) is 2. The number of benzene rings is 1. The molecular weight excluding hydrogens is 559 g/mol. The first-order chi connectivity index (χ1) is 19.1. The van der Waals surface area contributed by atoms with Gasteiger partial charge >= 0.3 is 18.2 Å². The van der Waals surface area contributed by atoms with Crippen molar-refractivity contribution in [3.63, 3.8) is 0 Å². The third-order valence-electron chi connectivity index (χ3n) is 6.16. The number of carboxylic acid groups (broad SMARTS) is 1. The molecule has 1 heterocycles. The van der Waals surface area contributed by atoms with Crippen LogP contribution in [-0.2, 0) is 21.0 Å². The Balaban J connectivity index is 2.67. The van der Waals surface area contributed by atoms with Crippen molar-refractivity contribution in [3.05, 3.63) is 55.5 Å². The minimum Gasteiger partial charge on any atom is -0.479 e. The van der Waals surface area contributed by atoms with Crippen molar-refractivity contribution in [2.75, 3.05) is 24.4 Å². The van der Waals surface area contributed by atoms with Crippen molar-refractivity contribution in [2.45, 2.75) is 63.0 Å². The summed E-state index contributed by atoms with van der Waals surface area (Å²) in [5, 5.41) is 14.3. The van der Waals surface area contributed by atoms with Gasteiger partial charge in [-0.15, -0.1) is 13.2 Å². The van der Waals surface area contributed by atoms with E-state index in [9.17, 15) is 27.9 Å². The number of carbonyl (C=O) groups is 2. The number of anilines is 2. The van der Waals surface area contributed by atoms with Gasteiger partial charge in [-0.05, 0) is 30.7 Å². The van der Waals surface area contributed by atoms with Gasteiger partial charge in [0.15, 0.2) is 0 Å². The van der Waals surface area contributed by atoms with Crippen LogP contribution in [-0.4, -0.2) is 60.2 Å². The number of amides is 1. The lowest BCUT2D eigenvalue weighted by atomic mass is 9.93. The SMILES string of the molecule is C=CC[C@H](N)c1nc(-c2ccc(NC(=O)OC)cc2NC(CC=C)(C(=O)O)C(F)(F)F)cn1COCC[Si](C)(C)C. The van der Waals surface area contributed by atoms with Crippen molar-refractivity contribution >= 4 is 31.5 Å². The number of aliphatic carboxylic acids is 1. The maximum Gasteiger partial charge on any atom is 0.422 e. The second kappa shape index (κ2) is 13.8. The van der Waals surface area contributed by atoms with Gasteiger partial charge in [-0.1, -0.05) is 31.8 Å². The van der Waals surface area contributed by atoms with Crippen LogP contribution in [0.2, 0.25) is 25.7 Å². The highest BCUT2D eigenvalue weighted by Crippen LogP contribution is 2.40. The van der Waals surface area contributed by atoms with Crippen molar-refractivity contribution < 1.29 is 37.3 Å². The lowest BCUT2D eigenvalue weighted by molar-refractivity contribution is -0.196. The summed E-state index contributed by atoms with van der Waals surface area (Å²) >= 11 is 0. The lowest BCUT2D eigenvalue weighted by Crippen LogP contribution is -2.57. The molecule has 226 valence electrons. The number of alkyl halides is 3. The second-order valence-corrected chi connectivity index (χ2v) is 16.3. The zero-order chi connectivity index (χ0) is 31.0. The Morgan fingerprint density at radius 2 is 1.93 bits per heavy atom. The average molecular weight is 598 g/mol. The van der Waals surface area contributed by atoms with Crippen LogP contribution in [0.25, 0.3) is 11.3 Å². The van der Waals surface area contributed by atoms with E-state index in [1.807, 2.05) is 0 Å². The van der Waals surface area contributed by atoms with E-state index in [0.717, 1.165) is 19.2 Å². The van der Waals surface area contributed by atoms with Crippen LogP contribution in [0.4, 0.5) is 29.3 Å². The van der Waals surface area contributed by atoms with Gasteiger partial charge in [-0.2, -0.15) is 13.2 Å². The number of hydrogen-bond donors (Lipinski definition) is 4. The van der Waals surface area contributed by atoms with Crippen molar-refractivity contribution in [2.24, 2.45) is 5.73 Å². The van der Waals surface area contributed by atoms with Gasteiger partial charge in [-0.25, -0.2) is 14.6 Å². The summed E-state index contributed by atoms with van der Waals surface area (Å²) in [7, 11) is -0.231. The molecule has 0 fully saturated rings. The number of nitrogens with one attached hydrogen (secondary N) is 2. The number of hydrogen-bond acceptors (Lipinski definition) is 7.